The van der Waals surface area contributed by atoms with Crippen molar-refractivity contribution < 1.29 is 0 Å². The average molecular weight is 282 g/mol. The highest BCUT2D eigenvalue weighted by Gasteiger charge is 2.29. The van der Waals surface area contributed by atoms with E-state index in [0.717, 1.165) is 6.42 Å². The summed E-state index contributed by atoms with van der Waals surface area (Å²) in [6.45, 7) is 0. The smallest absolute Gasteiger partial charge is 0.0218 e. The van der Waals surface area contributed by atoms with Gasteiger partial charge in [-0.05, 0) is 44.0 Å². The van der Waals surface area contributed by atoms with Crippen LogP contribution in [0.5, 0.6) is 0 Å². The Kier molecular flexibility index (Phi) is 4.04. The molecule has 88 valence electrons. The average Bonchev–Trinajstić information content (AvgIpc) is 2.33. The normalized spacial score (nSPS) is 19.6. The first-order chi connectivity index (χ1) is 7.74. The minimum atomic E-state index is 0.353. The van der Waals surface area contributed by atoms with Gasteiger partial charge in [0.2, 0.25) is 0 Å². The van der Waals surface area contributed by atoms with Gasteiger partial charge in [0.15, 0.2) is 0 Å². The molecule has 1 aliphatic rings. The van der Waals surface area contributed by atoms with Crippen molar-refractivity contribution in [3.05, 3.63) is 34.3 Å². The monoisotopic (exact) mass is 281 g/mol. The molecule has 2 heteroatoms. The fourth-order valence-corrected chi connectivity index (χ4v) is 3.00. The quantitative estimate of drug-likeness (QED) is 0.886. The number of halogens is 1. The van der Waals surface area contributed by atoms with Crippen LogP contribution in [0.15, 0.2) is 28.7 Å². The van der Waals surface area contributed by atoms with Crippen LogP contribution in [0.1, 0.15) is 37.7 Å². The molecule has 1 saturated carbocycles. The van der Waals surface area contributed by atoms with Gasteiger partial charge in [0.25, 0.3) is 0 Å². The molecule has 0 unspecified atom stereocenters. The van der Waals surface area contributed by atoms with E-state index in [0.29, 0.717) is 5.54 Å². The van der Waals surface area contributed by atoms with Gasteiger partial charge in [-0.2, -0.15) is 0 Å². The minimum absolute atomic E-state index is 0.353. The SMILES string of the molecule is CNC1(Cc2ccc(Br)cc2)CCCCC1. The number of likely N-dealkylation sites (N-methyl/N-ethyl adjacent to an activating group) is 1. The first kappa shape index (κ1) is 12.1. The Morgan fingerprint density at radius 1 is 1.12 bits per heavy atom. The van der Waals surface area contributed by atoms with E-state index in [4.69, 9.17) is 0 Å². The largest absolute Gasteiger partial charge is 0.314 e. The van der Waals surface area contributed by atoms with Gasteiger partial charge in [-0.3, -0.25) is 0 Å². The zero-order valence-electron chi connectivity index (χ0n) is 9.93. The predicted molar refractivity (Wildman–Crippen MR) is 72.7 cm³/mol. The van der Waals surface area contributed by atoms with Gasteiger partial charge < -0.3 is 5.32 Å². The van der Waals surface area contributed by atoms with Gasteiger partial charge in [-0.25, -0.2) is 0 Å². The Hall–Kier alpha value is -0.340. The van der Waals surface area contributed by atoms with Gasteiger partial charge in [-0.15, -0.1) is 0 Å². The number of hydrogen-bond donors (Lipinski definition) is 1. The number of rotatable bonds is 3. The second-order valence-electron chi connectivity index (χ2n) is 4.89. The lowest BCUT2D eigenvalue weighted by atomic mass is 9.77. The highest BCUT2D eigenvalue weighted by atomic mass is 79.9. The van der Waals surface area contributed by atoms with Crippen molar-refractivity contribution in [1.82, 2.24) is 5.32 Å². The van der Waals surface area contributed by atoms with Crippen molar-refractivity contribution in [2.45, 2.75) is 44.1 Å². The Labute approximate surface area is 107 Å². The molecule has 1 aromatic rings. The third-order valence-corrected chi connectivity index (χ3v) is 4.33. The highest BCUT2D eigenvalue weighted by molar-refractivity contribution is 9.10. The summed E-state index contributed by atoms with van der Waals surface area (Å²) in [4.78, 5) is 0. The Balaban J connectivity index is 2.08. The maximum Gasteiger partial charge on any atom is 0.0218 e. The zero-order chi connectivity index (χ0) is 11.4. The lowest BCUT2D eigenvalue weighted by Gasteiger charge is -2.37. The Morgan fingerprint density at radius 2 is 1.75 bits per heavy atom. The van der Waals surface area contributed by atoms with E-state index in [9.17, 15) is 0 Å². The fraction of sp³-hybridized carbons (Fsp3) is 0.571. The van der Waals surface area contributed by atoms with Gasteiger partial charge >= 0.3 is 0 Å². The molecule has 0 bridgehead atoms. The van der Waals surface area contributed by atoms with E-state index in [1.165, 1.54) is 42.1 Å². The van der Waals surface area contributed by atoms with E-state index in [2.05, 4.69) is 52.6 Å². The second kappa shape index (κ2) is 5.33. The molecule has 16 heavy (non-hydrogen) atoms. The van der Waals surface area contributed by atoms with Crippen molar-refractivity contribution in [1.29, 1.82) is 0 Å². The van der Waals surface area contributed by atoms with Gasteiger partial charge in [0.1, 0.15) is 0 Å². The summed E-state index contributed by atoms with van der Waals surface area (Å²) >= 11 is 3.49. The Bertz CT molecular complexity index is 325. The molecular formula is C14H20BrN. The van der Waals surface area contributed by atoms with Crippen LogP contribution in [0.3, 0.4) is 0 Å². The molecule has 0 heterocycles. The van der Waals surface area contributed by atoms with Crippen LogP contribution in [-0.4, -0.2) is 12.6 Å². The molecule has 1 N–H and O–H groups in total. The fourth-order valence-electron chi connectivity index (χ4n) is 2.74. The van der Waals surface area contributed by atoms with Crippen LogP contribution >= 0.6 is 15.9 Å². The van der Waals surface area contributed by atoms with Gasteiger partial charge in [0, 0.05) is 10.0 Å². The van der Waals surface area contributed by atoms with Crippen LogP contribution in [0.4, 0.5) is 0 Å². The third-order valence-electron chi connectivity index (χ3n) is 3.80. The molecule has 0 spiro atoms. The second-order valence-corrected chi connectivity index (χ2v) is 5.81. The number of benzene rings is 1. The van der Waals surface area contributed by atoms with Crippen molar-refractivity contribution in [2.75, 3.05) is 7.05 Å². The molecule has 0 amide bonds. The van der Waals surface area contributed by atoms with Crippen LogP contribution in [0.2, 0.25) is 0 Å². The first-order valence-corrected chi connectivity index (χ1v) is 6.97. The molecular weight excluding hydrogens is 262 g/mol. The van der Waals surface area contributed by atoms with E-state index < -0.39 is 0 Å². The number of hydrogen-bond acceptors (Lipinski definition) is 1. The first-order valence-electron chi connectivity index (χ1n) is 6.17. The standard InChI is InChI=1S/C14H20BrN/c1-16-14(9-3-2-4-10-14)11-12-5-7-13(15)8-6-12/h5-8,16H,2-4,9-11H2,1H3. The van der Waals surface area contributed by atoms with Gasteiger partial charge in [-0.1, -0.05) is 47.3 Å². The van der Waals surface area contributed by atoms with E-state index in [1.807, 2.05) is 0 Å². The maximum atomic E-state index is 3.57. The molecule has 1 aliphatic carbocycles. The van der Waals surface area contributed by atoms with E-state index in [-0.39, 0.29) is 0 Å². The van der Waals surface area contributed by atoms with Crippen molar-refractivity contribution >= 4 is 15.9 Å². The highest BCUT2D eigenvalue weighted by Crippen LogP contribution is 2.31. The lowest BCUT2D eigenvalue weighted by molar-refractivity contribution is 0.245. The van der Waals surface area contributed by atoms with Crippen LogP contribution in [-0.2, 0) is 6.42 Å². The summed E-state index contributed by atoms with van der Waals surface area (Å²) in [6, 6.07) is 8.75. The molecule has 0 aromatic heterocycles. The summed E-state index contributed by atoms with van der Waals surface area (Å²) in [5.41, 5.74) is 1.80. The predicted octanol–water partition coefficient (Wildman–Crippen LogP) is 3.91. The van der Waals surface area contributed by atoms with Gasteiger partial charge in [0.05, 0.1) is 0 Å². The molecule has 0 atom stereocenters. The van der Waals surface area contributed by atoms with Crippen molar-refractivity contribution in [3.8, 4) is 0 Å². The molecule has 2 rings (SSSR count). The van der Waals surface area contributed by atoms with Crippen LogP contribution in [0.25, 0.3) is 0 Å². The lowest BCUT2D eigenvalue weighted by Crippen LogP contribution is -2.46. The molecule has 1 aromatic carbocycles. The van der Waals surface area contributed by atoms with Crippen molar-refractivity contribution in [3.63, 3.8) is 0 Å². The number of nitrogens with one attached hydrogen (secondary N) is 1. The summed E-state index contributed by atoms with van der Waals surface area (Å²) in [7, 11) is 2.12. The molecule has 0 radical (unpaired) electrons. The topological polar surface area (TPSA) is 12.0 Å². The third kappa shape index (κ3) is 2.86. The van der Waals surface area contributed by atoms with E-state index >= 15 is 0 Å². The maximum absolute atomic E-state index is 3.57. The molecule has 1 fully saturated rings. The van der Waals surface area contributed by atoms with E-state index in [1.54, 1.807) is 0 Å². The minimum Gasteiger partial charge on any atom is -0.314 e. The van der Waals surface area contributed by atoms with Crippen LogP contribution in [0, 0.1) is 0 Å². The Morgan fingerprint density at radius 3 is 2.31 bits per heavy atom. The zero-order valence-corrected chi connectivity index (χ0v) is 11.5. The molecule has 0 saturated heterocycles. The van der Waals surface area contributed by atoms with Crippen molar-refractivity contribution in [2.24, 2.45) is 0 Å². The summed E-state index contributed by atoms with van der Waals surface area (Å²) in [6.07, 6.45) is 7.95. The summed E-state index contributed by atoms with van der Waals surface area (Å²) in [5.74, 6) is 0. The van der Waals surface area contributed by atoms with Crippen LogP contribution < -0.4 is 5.32 Å². The molecule has 0 aliphatic heterocycles. The summed E-state index contributed by atoms with van der Waals surface area (Å²) < 4.78 is 1.17. The molecule has 1 nitrogen and oxygen atoms in total. The summed E-state index contributed by atoms with van der Waals surface area (Å²) in [5, 5.41) is 3.57.